The van der Waals surface area contributed by atoms with Gasteiger partial charge in [0.25, 0.3) is 0 Å². The smallest absolute Gasteiger partial charge is 0.240 e. The van der Waals surface area contributed by atoms with E-state index in [0.717, 1.165) is 24.7 Å². The van der Waals surface area contributed by atoms with Crippen molar-refractivity contribution in [3.8, 4) is 0 Å². The number of amides is 1. The summed E-state index contributed by atoms with van der Waals surface area (Å²) in [6.45, 7) is 0. The third kappa shape index (κ3) is 1.77. The molecule has 19 heavy (non-hydrogen) atoms. The van der Waals surface area contributed by atoms with Gasteiger partial charge in [-0.2, -0.15) is 0 Å². The molecule has 3 heteroatoms. The zero-order valence-corrected chi connectivity index (χ0v) is 11.8. The van der Waals surface area contributed by atoms with Gasteiger partial charge in [0.1, 0.15) is 0 Å². The molecule has 3 N–H and O–H groups in total. The summed E-state index contributed by atoms with van der Waals surface area (Å²) >= 11 is 0. The quantitative estimate of drug-likeness (QED) is 0.802. The molecule has 0 radical (unpaired) electrons. The van der Waals surface area contributed by atoms with Crippen molar-refractivity contribution in [2.24, 2.45) is 23.0 Å². The summed E-state index contributed by atoms with van der Waals surface area (Å²) < 4.78 is 0. The highest BCUT2D eigenvalue weighted by molar-refractivity contribution is 5.88. The maximum absolute atomic E-state index is 12.4. The molecule has 0 aliphatic heterocycles. The first-order chi connectivity index (χ1) is 9.10. The second-order valence-corrected chi connectivity index (χ2v) is 7.89. The SMILES string of the molecule is NC1(C(=O)N[C@@H]2C[C@@H]3CCCC[C@@H]32)CC2(CCC2)C1. The molecule has 3 nitrogen and oxygen atoms in total. The lowest BCUT2D eigenvalue weighted by Gasteiger charge is -2.59. The van der Waals surface area contributed by atoms with Gasteiger partial charge in [-0.25, -0.2) is 0 Å². The summed E-state index contributed by atoms with van der Waals surface area (Å²) in [6, 6.07) is 0.441. The van der Waals surface area contributed by atoms with E-state index >= 15 is 0 Å². The largest absolute Gasteiger partial charge is 0.351 e. The van der Waals surface area contributed by atoms with Crippen LogP contribution in [0.15, 0.2) is 0 Å². The predicted molar refractivity (Wildman–Crippen MR) is 74.4 cm³/mol. The van der Waals surface area contributed by atoms with E-state index < -0.39 is 5.54 Å². The Labute approximate surface area is 115 Å². The van der Waals surface area contributed by atoms with Crippen LogP contribution in [0, 0.1) is 17.3 Å². The molecule has 4 saturated carbocycles. The van der Waals surface area contributed by atoms with Gasteiger partial charge in [0.05, 0.1) is 5.54 Å². The van der Waals surface area contributed by atoms with Crippen LogP contribution in [0.3, 0.4) is 0 Å². The molecule has 4 fully saturated rings. The van der Waals surface area contributed by atoms with Gasteiger partial charge in [0.15, 0.2) is 0 Å². The molecule has 4 aliphatic carbocycles. The molecule has 1 amide bonds. The van der Waals surface area contributed by atoms with Gasteiger partial charge in [-0.05, 0) is 55.8 Å². The van der Waals surface area contributed by atoms with Crippen LogP contribution in [0.25, 0.3) is 0 Å². The Hall–Kier alpha value is -0.570. The fourth-order valence-corrected chi connectivity index (χ4v) is 5.32. The Morgan fingerprint density at radius 3 is 2.47 bits per heavy atom. The standard InChI is InChI=1S/C16H26N2O/c17-16(9-15(10-16)6-3-7-15)14(19)18-13-8-11-4-1-2-5-12(11)13/h11-13H,1-10,17H2,(H,18,19)/t11-,12-,13+/m0/s1. The van der Waals surface area contributed by atoms with Crippen LogP contribution in [0.4, 0.5) is 0 Å². The van der Waals surface area contributed by atoms with Crippen LogP contribution in [0.1, 0.15) is 64.2 Å². The number of carbonyl (C=O) groups is 1. The number of nitrogens with two attached hydrogens (primary N) is 1. The van der Waals surface area contributed by atoms with Gasteiger partial charge >= 0.3 is 0 Å². The fraction of sp³-hybridized carbons (Fsp3) is 0.938. The first-order valence-corrected chi connectivity index (χ1v) is 8.20. The number of hydrogen-bond acceptors (Lipinski definition) is 2. The average molecular weight is 262 g/mol. The summed E-state index contributed by atoms with van der Waals surface area (Å²) in [7, 11) is 0. The molecule has 0 unspecified atom stereocenters. The minimum Gasteiger partial charge on any atom is -0.351 e. The number of nitrogens with one attached hydrogen (secondary N) is 1. The third-order valence-electron chi connectivity index (χ3n) is 6.61. The van der Waals surface area contributed by atoms with E-state index in [4.69, 9.17) is 5.73 Å². The van der Waals surface area contributed by atoms with E-state index in [1.165, 1.54) is 51.4 Å². The van der Waals surface area contributed by atoms with E-state index in [1.54, 1.807) is 0 Å². The van der Waals surface area contributed by atoms with Gasteiger partial charge < -0.3 is 11.1 Å². The highest BCUT2D eigenvalue weighted by atomic mass is 16.2. The molecule has 4 aliphatic rings. The minimum atomic E-state index is -0.528. The maximum Gasteiger partial charge on any atom is 0.240 e. The Morgan fingerprint density at radius 2 is 1.84 bits per heavy atom. The maximum atomic E-state index is 12.4. The van der Waals surface area contributed by atoms with Crippen molar-refractivity contribution in [1.29, 1.82) is 0 Å². The lowest BCUT2D eigenvalue weighted by molar-refractivity contribution is -0.143. The van der Waals surface area contributed by atoms with Gasteiger partial charge in [-0.1, -0.05) is 25.7 Å². The van der Waals surface area contributed by atoms with Crippen LogP contribution < -0.4 is 11.1 Å². The average Bonchev–Trinajstić information content (AvgIpc) is 2.29. The summed E-state index contributed by atoms with van der Waals surface area (Å²) in [6.07, 6.45) is 12.5. The van der Waals surface area contributed by atoms with Gasteiger partial charge in [-0.15, -0.1) is 0 Å². The van der Waals surface area contributed by atoms with Crippen LogP contribution >= 0.6 is 0 Å². The van der Waals surface area contributed by atoms with E-state index in [9.17, 15) is 4.79 Å². The van der Waals surface area contributed by atoms with Crippen molar-refractivity contribution in [2.45, 2.75) is 75.8 Å². The fourth-order valence-electron chi connectivity index (χ4n) is 5.32. The second-order valence-electron chi connectivity index (χ2n) is 7.89. The Kier molecular flexibility index (Phi) is 2.55. The molecule has 0 heterocycles. The number of fused-ring (bicyclic) bond motifs is 1. The molecule has 0 aromatic carbocycles. The monoisotopic (exact) mass is 262 g/mol. The molecule has 0 aromatic heterocycles. The Bertz CT molecular complexity index is 394. The first-order valence-electron chi connectivity index (χ1n) is 8.20. The number of hydrogen-bond donors (Lipinski definition) is 2. The van der Waals surface area contributed by atoms with E-state index in [-0.39, 0.29) is 5.91 Å². The first kappa shape index (κ1) is 12.2. The third-order valence-corrected chi connectivity index (χ3v) is 6.61. The van der Waals surface area contributed by atoms with Crippen LogP contribution in [-0.2, 0) is 4.79 Å². The highest BCUT2D eigenvalue weighted by Gasteiger charge is 2.59. The van der Waals surface area contributed by atoms with Crippen molar-refractivity contribution in [1.82, 2.24) is 5.32 Å². The lowest BCUT2D eigenvalue weighted by Crippen LogP contribution is -2.69. The number of rotatable bonds is 2. The molecule has 4 rings (SSSR count). The second kappa shape index (κ2) is 3.97. The summed E-state index contributed by atoms with van der Waals surface area (Å²) in [5.41, 5.74) is 6.26. The van der Waals surface area contributed by atoms with Gasteiger partial charge in [-0.3, -0.25) is 4.79 Å². The molecule has 1 spiro atoms. The van der Waals surface area contributed by atoms with E-state index in [0.29, 0.717) is 11.5 Å². The molecule has 0 aromatic rings. The van der Waals surface area contributed by atoms with Crippen molar-refractivity contribution < 1.29 is 4.79 Å². The molecular weight excluding hydrogens is 236 g/mol. The van der Waals surface area contributed by atoms with Crippen molar-refractivity contribution in [2.75, 3.05) is 0 Å². The summed E-state index contributed by atoms with van der Waals surface area (Å²) in [4.78, 5) is 12.4. The highest BCUT2D eigenvalue weighted by Crippen LogP contribution is 2.59. The van der Waals surface area contributed by atoms with Crippen LogP contribution in [0.5, 0.6) is 0 Å². The van der Waals surface area contributed by atoms with E-state index in [1.807, 2.05) is 0 Å². The van der Waals surface area contributed by atoms with Crippen LogP contribution in [0.2, 0.25) is 0 Å². The molecule has 3 atom stereocenters. The summed E-state index contributed by atoms with van der Waals surface area (Å²) in [5.74, 6) is 1.81. The molecule has 0 bridgehead atoms. The van der Waals surface area contributed by atoms with Crippen molar-refractivity contribution >= 4 is 5.91 Å². The zero-order valence-electron chi connectivity index (χ0n) is 11.8. The normalized spacial score (nSPS) is 41.4. The predicted octanol–water partition coefficient (Wildman–Crippen LogP) is 2.34. The lowest BCUT2D eigenvalue weighted by atomic mass is 9.48. The Balaban J connectivity index is 1.32. The van der Waals surface area contributed by atoms with Gasteiger partial charge in [0.2, 0.25) is 5.91 Å². The van der Waals surface area contributed by atoms with E-state index in [2.05, 4.69) is 5.32 Å². The molecule has 106 valence electrons. The van der Waals surface area contributed by atoms with Crippen molar-refractivity contribution in [3.05, 3.63) is 0 Å². The molecule has 0 saturated heterocycles. The molecular formula is C16H26N2O. The minimum absolute atomic E-state index is 0.152. The van der Waals surface area contributed by atoms with Crippen LogP contribution in [-0.4, -0.2) is 17.5 Å². The van der Waals surface area contributed by atoms with Crippen molar-refractivity contribution in [3.63, 3.8) is 0 Å². The topological polar surface area (TPSA) is 55.1 Å². The number of carbonyl (C=O) groups excluding carboxylic acids is 1. The summed E-state index contributed by atoms with van der Waals surface area (Å²) in [5, 5.41) is 3.28. The zero-order chi connectivity index (χ0) is 13.1. The van der Waals surface area contributed by atoms with Gasteiger partial charge in [0, 0.05) is 6.04 Å². The Morgan fingerprint density at radius 1 is 1.11 bits per heavy atom.